The lowest BCUT2D eigenvalue weighted by Crippen LogP contribution is -2.42. The fraction of sp³-hybridized carbons (Fsp3) is 0.455. The average molecular weight is 389 g/mol. The predicted molar refractivity (Wildman–Crippen MR) is 107 cm³/mol. The zero-order valence-electron chi connectivity index (χ0n) is 15.9. The maximum Gasteiger partial charge on any atom is 0.179 e. The van der Waals surface area contributed by atoms with E-state index in [2.05, 4.69) is 6.92 Å². The molecule has 1 heterocycles. The van der Waals surface area contributed by atoms with Crippen LogP contribution in [0.5, 0.6) is 5.75 Å². The third-order valence-corrected chi connectivity index (χ3v) is 7.96. The summed E-state index contributed by atoms with van der Waals surface area (Å²) in [7, 11) is -3.64. The molecule has 4 nitrogen and oxygen atoms in total. The highest BCUT2D eigenvalue weighted by Gasteiger charge is 2.48. The number of hydrogen-bond donors (Lipinski definition) is 2. The predicted octanol–water partition coefficient (Wildman–Crippen LogP) is 4.26. The number of phenolic OH excluding ortho intramolecular Hbond substituents is 1. The lowest BCUT2D eigenvalue weighted by atomic mass is 9.69. The van der Waals surface area contributed by atoms with Gasteiger partial charge >= 0.3 is 0 Å². The van der Waals surface area contributed by atoms with Crippen LogP contribution in [0.2, 0.25) is 0 Å². The monoisotopic (exact) mass is 388 g/mol. The van der Waals surface area contributed by atoms with Crippen molar-refractivity contribution >= 4 is 9.84 Å². The van der Waals surface area contributed by atoms with Gasteiger partial charge in [-0.05, 0) is 36.1 Å². The molecule has 1 aliphatic heterocycles. The van der Waals surface area contributed by atoms with Gasteiger partial charge in [0.05, 0.1) is 16.8 Å². The number of fused-ring (bicyclic) bond motifs is 1. The van der Waals surface area contributed by atoms with Gasteiger partial charge in [-0.25, -0.2) is 8.42 Å². The summed E-state index contributed by atoms with van der Waals surface area (Å²) in [6.07, 6.45) is 2.22. The highest BCUT2D eigenvalue weighted by Crippen LogP contribution is 2.49. The molecular weight excluding hydrogens is 360 g/mol. The van der Waals surface area contributed by atoms with E-state index in [0.29, 0.717) is 18.4 Å². The molecule has 1 unspecified atom stereocenters. The van der Waals surface area contributed by atoms with E-state index in [1.54, 1.807) is 6.07 Å². The summed E-state index contributed by atoms with van der Waals surface area (Å²) in [4.78, 5) is 0.141. The van der Waals surface area contributed by atoms with E-state index in [4.69, 9.17) is 0 Å². The molecular formula is C22H28O4S. The van der Waals surface area contributed by atoms with Crippen molar-refractivity contribution < 1.29 is 18.6 Å². The van der Waals surface area contributed by atoms with E-state index in [9.17, 15) is 18.6 Å². The second kappa shape index (κ2) is 7.64. The Morgan fingerprint density at radius 2 is 1.81 bits per heavy atom. The second-order valence-corrected chi connectivity index (χ2v) is 9.59. The van der Waals surface area contributed by atoms with Crippen molar-refractivity contribution in [1.29, 1.82) is 0 Å². The molecule has 0 saturated carbocycles. The molecule has 0 aromatic heterocycles. The third-order valence-electron chi connectivity index (χ3n) is 5.98. The zero-order valence-corrected chi connectivity index (χ0v) is 16.7. The van der Waals surface area contributed by atoms with E-state index in [0.717, 1.165) is 18.4 Å². The number of benzene rings is 2. The van der Waals surface area contributed by atoms with Gasteiger partial charge in [0.15, 0.2) is 9.84 Å². The maximum absolute atomic E-state index is 13.3. The first-order valence-corrected chi connectivity index (χ1v) is 11.3. The fourth-order valence-electron chi connectivity index (χ4n) is 4.37. The Hall–Kier alpha value is -1.85. The van der Waals surface area contributed by atoms with Gasteiger partial charge in [0.1, 0.15) is 5.75 Å². The van der Waals surface area contributed by atoms with Gasteiger partial charge in [0.2, 0.25) is 0 Å². The van der Waals surface area contributed by atoms with Gasteiger partial charge < -0.3 is 10.2 Å². The molecule has 0 amide bonds. The molecule has 2 aromatic rings. The molecule has 2 aromatic carbocycles. The van der Waals surface area contributed by atoms with Gasteiger partial charge in [-0.15, -0.1) is 0 Å². The summed E-state index contributed by atoms with van der Waals surface area (Å²) in [5.41, 5.74) is 0.742. The minimum absolute atomic E-state index is 0.0730. The molecule has 0 fully saturated rings. The van der Waals surface area contributed by atoms with Crippen LogP contribution >= 0.6 is 0 Å². The summed E-state index contributed by atoms with van der Waals surface area (Å²) >= 11 is 0. The van der Waals surface area contributed by atoms with Crippen LogP contribution in [-0.2, 0) is 9.84 Å². The van der Waals surface area contributed by atoms with Crippen LogP contribution in [0.4, 0.5) is 0 Å². The minimum atomic E-state index is -3.64. The van der Waals surface area contributed by atoms with Crippen LogP contribution in [0.25, 0.3) is 0 Å². The molecule has 0 aliphatic carbocycles. The lowest BCUT2D eigenvalue weighted by Gasteiger charge is -2.39. The van der Waals surface area contributed by atoms with Crippen molar-refractivity contribution in [2.45, 2.75) is 56.4 Å². The number of unbranched alkanes of at least 4 members (excludes halogenated alkanes) is 1. The van der Waals surface area contributed by atoms with Crippen molar-refractivity contribution in [2.24, 2.45) is 5.41 Å². The summed E-state index contributed by atoms with van der Waals surface area (Å²) in [5, 5.41) is 21.5. The number of hydrogen-bond acceptors (Lipinski definition) is 4. The smallest absolute Gasteiger partial charge is 0.179 e. The van der Waals surface area contributed by atoms with Gasteiger partial charge in [-0.1, -0.05) is 63.1 Å². The van der Waals surface area contributed by atoms with Crippen LogP contribution in [-0.4, -0.2) is 30.5 Å². The number of phenols is 1. The minimum Gasteiger partial charge on any atom is -0.508 e. The van der Waals surface area contributed by atoms with E-state index < -0.39 is 27.3 Å². The van der Waals surface area contributed by atoms with Crippen molar-refractivity contribution in [3.05, 3.63) is 59.7 Å². The van der Waals surface area contributed by atoms with Crippen molar-refractivity contribution in [2.75, 3.05) is 5.75 Å². The quantitative estimate of drug-likeness (QED) is 0.803. The first-order chi connectivity index (χ1) is 12.8. The van der Waals surface area contributed by atoms with Crippen LogP contribution in [0.1, 0.15) is 56.6 Å². The highest BCUT2D eigenvalue weighted by atomic mass is 32.2. The van der Waals surface area contributed by atoms with Crippen LogP contribution in [0.15, 0.2) is 53.4 Å². The Labute approximate surface area is 161 Å². The Morgan fingerprint density at radius 3 is 2.44 bits per heavy atom. The van der Waals surface area contributed by atoms with Crippen LogP contribution in [0.3, 0.4) is 0 Å². The summed E-state index contributed by atoms with van der Waals surface area (Å²) in [6, 6.07) is 14.1. The molecule has 3 rings (SSSR count). The lowest BCUT2D eigenvalue weighted by molar-refractivity contribution is 0.0174. The standard InChI is InChI=1S/C22H28O4S/c1-3-5-13-22(4-2)15-27(25,26)19-14-17(23)11-12-18(19)20(21(22)24)16-9-7-6-8-10-16/h6-12,14,20-21,23-24H,3-5,13,15H2,1-2H3/t20-,21?,22+/m1/s1. The molecule has 27 heavy (non-hydrogen) atoms. The van der Waals surface area contributed by atoms with E-state index in [1.807, 2.05) is 37.3 Å². The zero-order chi connectivity index (χ0) is 19.7. The van der Waals surface area contributed by atoms with Gasteiger partial charge in [0.25, 0.3) is 0 Å². The number of aliphatic hydroxyl groups is 1. The van der Waals surface area contributed by atoms with Gasteiger partial charge in [-0.2, -0.15) is 0 Å². The number of rotatable bonds is 5. The van der Waals surface area contributed by atoms with Crippen molar-refractivity contribution in [1.82, 2.24) is 0 Å². The van der Waals surface area contributed by atoms with Crippen LogP contribution in [0, 0.1) is 5.41 Å². The summed E-state index contributed by atoms with van der Waals surface area (Å²) in [5.74, 6) is -0.621. The Bertz CT molecular complexity index is 892. The van der Waals surface area contributed by atoms with E-state index >= 15 is 0 Å². The summed E-state index contributed by atoms with van der Waals surface area (Å²) < 4.78 is 26.6. The number of sulfone groups is 1. The number of aromatic hydroxyl groups is 1. The first-order valence-electron chi connectivity index (χ1n) is 9.63. The molecule has 2 N–H and O–H groups in total. The molecule has 1 aliphatic rings. The largest absolute Gasteiger partial charge is 0.508 e. The van der Waals surface area contributed by atoms with Crippen LogP contribution < -0.4 is 0 Å². The SMILES string of the molecule is CCCC[C@@]1(CC)CS(=O)(=O)c2cc(O)ccc2[C@@H](c2ccccc2)C1O. The first kappa shape index (κ1) is 19.9. The van der Waals surface area contributed by atoms with Gasteiger partial charge in [-0.3, -0.25) is 0 Å². The van der Waals surface area contributed by atoms with E-state index in [-0.39, 0.29) is 16.4 Å². The average Bonchev–Trinajstić information content (AvgIpc) is 2.73. The van der Waals surface area contributed by atoms with E-state index in [1.165, 1.54) is 12.1 Å². The molecule has 3 atom stereocenters. The molecule has 5 heteroatoms. The molecule has 146 valence electrons. The molecule has 0 saturated heterocycles. The topological polar surface area (TPSA) is 74.6 Å². The Kier molecular flexibility index (Phi) is 5.63. The Balaban J connectivity index is 2.28. The molecule has 0 bridgehead atoms. The third kappa shape index (κ3) is 3.63. The maximum atomic E-state index is 13.3. The fourth-order valence-corrected chi connectivity index (χ4v) is 6.66. The second-order valence-electron chi connectivity index (χ2n) is 7.63. The van der Waals surface area contributed by atoms with Gasteiger partial charge in [0, 0.05) is 11.3 Å². The highest BCUT2D eigenvalue weighted by molar-refractivity contribution is 7.91. The molecule has 0 spiro atoms. The number of aliphatic hydroxyl groups excluding tert-OH is 1. The van der Waals surface area contributed by atoms with Crippen molar-refractivity contribution in [3.8, 4) is 5.75 Å². The normalized spacial score (nSPS) is 26.9. The van der Waals surface area contributed by atoms with Crippen molar-refractivity contribution in [3.63, 3.8) is 0 Å². The Morgan fingerprint density at radius 1 is 1.11 bits per heavy atom. The molecule has 0 radical (unpaired) electrons. The summed E-state index contributed by atoms with van der Waals surface area (Å²) in [6.45, 7) is 4.03.